The smallest absolute Gasteiger partial charge is 0.0684 e. The van der Waals surface area contributed by atoms with Crippen LogP contribution in [0.3, 0.4) is 0 Å². The van der Waals surface area contributed by atoms with Crippen molar-refractivity contribution in [3.8, 4) is 11.1 Å². The van der Waals surface area contributed by atoms with Gasteiger partial charge in [-0.2, -0.15) is 0 Å². The third kappa shape index (κ3) is 2.15. The van der Waals surface area contributed by atoms with Gasteiger partial charge < -0.3 is 5.11 Å². The fraction of sp³-hybridized carbons (Fsp3) is 0.200. The zero-order valence-corrected chi connectivity index (χ0v) is 9.70. The highest BCUT2D eigenvalue weighted by atomic mass is 16.3. The first-order chi connectivity index (χ1) is 7.70. The number of hydrogen-bond donors (Lipinski definition) is 1. The molecule has 0 spiro atoms. The van der Waals surface area contributed by atoms with Crippen molar-refractivity contribution in [2.24, 2.45) is 0 Å². The van der Waals surface area contributed by atoms with Gasteiger partial charge >= 0.3 is 0 Å². The maximum atomic E-state index is 9.12. The van der Waals surface area contributed by atoms with Gasteiger partial charge in [0.2, 0.25) is 0 Å². The van der Waals surface area contributed by atoms with Crippen LogP contribution >= 0.6 is 0 Å². The molecule has 0 fully saturated rings. The maximum absolute atomic E-state index is 9.12. The summed E-state index contributed by atoms with van der Waals surface area (Å²) in [6.07, 6.45) is 0. The summed E-state index contributed by atoms with van der Waals surface area (Å²) in [4.78, 5) is 0. The Bertz CT molecular complexity index is 483. The van der Waals surface area contributed by atoms with Gasteiger partial charge in [-0.1, -0.05) is 48.0 Å². The van der Waals surface area contributed by atoms with Crippen LogP contribution in [0.25, 0.3) is 11.1 Å². The minimum absolute atomic E-state index is 0.111. The van der Waals surface area contributed by atoms with Crippen LogP contribution < -0.4 is 0 Å². The first-order valence-corrected chi connectivity index (χ1v) is 5.48. The van der Waals surface area contributed by atoms with Crippen LogP contribution in [-0.4, -0.2) is 5.11 Å². The summed E-state index contributed by atoms with van der Waals surface area (Å²) in [6, 6.07) is 14.7. The van der Waals surface area contributed by atoms with E-state index in [-0.39, 0.29) is 6.61 Å². The van der Waals surface area contributed by atoms with Gasteiger partial charge in [-0.3, -0.25) is 0 Å². The van der Waals surface area contributed by atoms with Gasteiger partial charge in [0, 0.05) is 0 Å². The molecule has 0 amide bonds. The average Bonchev–Trinajstić information content (AvgIpc) is 2.30. The number of aliphatic hydroxyl groups is 1. The van der Waals surface area contributed by atoms with E-state index in [1.807, 2.05) is 13.0 Å². The molecule has 2 rings (SSSR count). The third-order valence-corrected chi connectivity index (χ3v) is 2.90. The van der Waals surface area contributed by atoms with Gasteiger partial charge in [0.1, 0.15) is 0 Å². The van der Waals surface area contributed by atoms with Crippen LogP contribution in [-0.2, 0) is 6.61 Å². The van der Waals surface area contributed by atoms with Gasteiger partial charge in [0.25, 0.3) is 0 Å². The van der Waals surface area contributed by atoms with E-state index in [1.165, 1.54) is 16.7 Å². The van der Waals surface area contributed by atoms with Crippen LogP contribution in [0.5, 0.6) is 0 Å². The van der Waals surface area contributed by atoms with Crippen molar-refractivity contribution in [3.05, 3.63) is 59.2 Å². The van der Waals surface area contributed by atoms with Gasteiger partial charge in [0.15, 0.2) is 0 Å². The van der Waals surface area contributed by atoms with Crippen molar-refractivity contribution in [2.45, 2.75) is 20.5 Å². The average molecular weight is 212 g/mol. The van der Waals surface area contributed by atoms with Crippen molar-refractivity contribution in [2.75, 3.05) is 0 Å². The minimum atomic E-state index is 0.111. The summed E-state index contributed by atoms with van der Waals surface area (Å²) in [5.74, 6) is 0. The van der Waals surface area contributed by atoms with E-state index in [1.54, 1.807) is 0 Å². The van der Waals surface area contributed by atoms with Crippen LogP contribution in [0.2, 0.25) is 0 Å². The molecule has 0 saturated heterocycles. The standard InChI is InChI=1S/C15H16O/c1-11-3-5-13(6-4-11)14-7-8-15(10-16)12(2)9-14/h3-9,16H,10H2,1-2H3. The molecule has 16 heavy (non-hydrogen) atoms. The van der Waals surface area contributed by atoms with Gasteiger partial charge in [-0.05, 0) is 36.1 Å². The summed E-state index contributed by atoms with van der Waals surface area (Å²) in [7, 11) is 0. The number of rotatable bonds is 2. The Morgan fingerprint density at radius 1 is 0.875 bits per heavy atom. The van der Waals surface area contributed by atoms with E-state index in [4.69, 9.17) is 5.11 Å². The first kappa shape index (κ1) is 10.9. The Balaban J connectivity index is 2.41. The zero-order valence-electron chi connectivity index (χ0n) is 9.70. The summed E-state index contributed by atoms with van der Waals surface area (Å²) in [6.45, 7) is 4.23. The Morgan fingerprint density at radius 2 is 1.50 bits per heavy atom. The van der Waals surface area contributed by atoms with E-state index in [0.29, 0.717) is 0 Å². The molecule has 2 aromatic rings. The lowest BCUT2D eigenvalue weighted by molar-refractivity contribution is 0.281. The fourth-order valence-corrected chi connectivity index (χ4v) is 1.80. The Morgan fingerprint density at radius 3 is 2.06 bits per heavy atom. The topological polar surface area (TPSA) is 20.2 Å². The number of benzene rings is 2. The SMILES string of the molecule is Cc1ccc(-c2ccc(CO)c(C)c2)cc1. The minimum Gasteiger partial charge on any atom is -0.392 e. The molecule has 0 atom stereocenters. The first-order valence-electron chi connectivity index (χ1n) is 5.48. The fourth-order valence-electron chi connectivity index (χ4n) is 1.80. The number of hydrogen-bond acceptors (Lipinski definition) is 1. The molecule has 0 saturated carbocycles. The molecule has 0 aromatic heterocycles. The molecule has 82 valence electrons. The second-order valence-electron chi connectivity index (χ2n) is 4.17. The third-order valence-electron chi connectivity index (χ3n) is 2.90. The summed E-state index contributed by atoms with van der Waals surface area (Å²) >= 11 is 0. The van der Waals surface area contributed by atoms with Gasteiger partial charge in [-0.15, -0.1) is 0 Å². The molecule has 0 bridgehead atoms. The lowest BCUT2D eigenvalue weighted by atomic mass is 9.99. The normalized spacial score (nSPS) is 10.4. The molecule has 1 N–H and O–H groups in total. The molecule has 1 heteroatoms. The maximum Gasteiger partial charge on any atom is 0.0684 e. The molecule has 0 unspecified atom stereocenters. The van der Waals surface area contributed by atoms with E-state index in [9.17, 15) is 0 Å². The largest absolute Gasteiger partial charge is 0.392 e. The second kappa shape index (κ2) is 4.50. The number of aryl methyl sites for hydroxylation is 2. The molecule has 0 heterocycles. The van der Waals surface area contributed by atoms with Crippen LogP contribution in [0.15, 0.2) is 42.5 Å². The summed E-state index contributed by atoms with van der Waals surface area (Å²) in [5.41, 5.74) is 5.83. The molecular weight excluding hydrogens is 196 g/mol. The van der Waals surface area contributed by atoms with E-state index < -0.39 is 0 Å². The zero-order chi connectivity index (χ0) is 11.5. The highest BCUT2D eigenvalue weighted by molar-refractivity contribution is 5.65. The van der Waals surface area contributed by atoms with Crippen molar-refractivity contribution in [3.63, 3.8) is 0 Å². The van der Waals surface area contributed by atoms with E-state index in [2.05, 4.69) is 43.3 Å². The molecule has 0 radical (unpaired) electrons. The molecule has 2 aromatic carbocycles. The van der Waals surface area contributed by atoms with Gasteiger partial charge in [-0.25, -0.2) is 0 Å². The molecule has 0 aliphatic heterocycles. The Labute approximate surface area is 96.4 Å². The highest BCUT2D eigenvalue weighted by Crippen LogP contribution is 2.22. The second-order valence-corrected chi connectivity index (χ2v) is 4.17. The predicted molar refractivity (Wildman–Crippen MR) is 67.3 cm³/mol. The van der Waals surface area contributed by atoms with Crippen LogP contribution in [0.4, 0.5) is 0 Å². The molecule has 0 aliphatic carbocycles. The molecular formula is C15H16O. The van der Waals surface area contributed by atoms with Gasteiger partial charge in [0.05, 0.1) is 6.61 Å². The Kier molecular flexibility index (Phi) is 3.07. The van der Waals surface area contributed by atoms with Crippen molar-refractivity contribution >= 4 is 0 Å². The van der Waals surface area contributed by atoms with Crippen molar-refractivity contribution in [1.82, 2.24) is 0 Å². The Hall–Kier alpha value is -1.60. The van der Waals surface area contributed by atoms with Crippen LogP contribution in [0, 0.1) is 13.8 Å². The summed E-state index contributed by atoms with van der Waals surface area (Å²) < 4.78 is 0. The summed E-state index contributed by atoms with van der Waals surface area (Å²) in [5, 5.41) is 9.12. The van der Waals surface area contributed by atoms with Crippen molar-refractivity contribution < 1.29 is 5.11 Å². The van der Waals surface area contributed by atoms with Crippen molar-refractivity contribution in [1.29, 1.82) is 0 Å². The molecule has 1 nitrogen and oxygen atoms in total. The predicted octanol–water partition coefficient (Wildman–Crippen LogP) is 3.46. The monoisotopic (exact) mass is 212 g/mol. The number of aliphatic hydroxyl groups excluding tert-OH is 1. The quantitative estimate of drug-likeness (QED) is 0.808. The lowest BCUT2D eigenvalue weighted by Gasteiger charge is -2.07. The van der Waals surface area contributed by atoms with Crippen LogP contribution in [0.1, 0.15) is 16.7 Å². The highest BCUT2D eigenvalue weighted by Gasteiger charge is 2.01. The van der Waals surface area contributed by atoms with E-state index >= 15 is 0 Å². The molecule has 0 aliphatic rings. The lowest BCUT2D eigenvalue weighted by Crippen LogP contribution is -1.89. The van der Waals surface area contributed by atoms with E-state index in [0.717, 1.165) is 11.1 Å².